The van der Waals surface area contributed by atoms with E-state index in [4.69, 9.17) is 0 Å². The van der Waals surface area contributed by atoms with Gasteiger partial charge in [0.15, 0.2) is 5.13 Å². The van der Waals surface area contributed by atoms with Gasteiger partial charge >= 0.3 is 0 Å². The van der Waals surface area contributed by atoms with Crippen molar-refractivity contribution in [2.24, 2.45) is 5.92 Å². The molecule has 1 aliphatic carbocycles. The van der Waals surface area contributed by atoms with Crippen LogP contribution in [0.25, 0.3) is 0 Å². The summed E-state index contributed by atoms with van der Waals surface area (Å²) in [5.41, 5.74) is 1.17. The zero-order valence-electron chi connectivity index (χ0n) is 9.49. The first kappa shape index (κ1) is 10.9. The lowest BCUT2D eigenvalue weighted by molar-refractivity contribution is 0.711. The van der Waals surface area contributed by atoms with Crippen molar-refractivity contribution >= 4 is 16.5 Å². The Morgan fingerprint density at radius 3 is 3.07 bits per heavy atom. The molecule has 0 spiro atoms. The Bertz CT molecular complexity index is 307. The molecule has 0 unspecified atom stereocenters. The van der Waals surface area contributed by atoms with Gasteiger partial charge in [-0.25, -0.2) is 4.98 Å². The normalized spacial score (nSPS) is 15.6. The van der Waals surface area contributed by atoms with E-state index in [-0.39, 0.29) is 0 Å². The maximum atomic E-state index is 4.61. The van der Waals surface area contributed by atoms with Crippen LogP contribution < -0.4 is 10.2 Å². The second-order valence-corrected chi connectivity index (χ2v) is 5.06. The van der Waals surface area contributed by atoms with Gasteiger partial charge in [0, 0.05) is 25.5 Å². The monoisotopic (exact) mass is 225 g/mol. The van der Waals surface area contributed by atoms with E-state index < -0.39 is 0 Å². The van der Waals surface area contributed by atoms with Crippen molar-refractivity contribution in [2.75, 3.05) is 25.0 Å². The summed E-state index contributed by atoms with van der Waals surface area (Å²) in [6.07, 6.45) is 2.81. The molecule has 84 valence electrons. The molecular weight excluding hydrogens is 206 g/mol. The molecule has 1 aromatic heterocycles. The lowest BCUT2D eigenvalue weighted by Crippen LogP contribution is -2.20. The Kier molecular flexibility index (Phi) is 3.59. The van der Waals surface area contributed by atoms with E-state index in [1.807, 2.05) is 0 Å². The minimum atomic E-state index is 0.893. The van der Waals surface area contributed by atoms with Crippen LogP contribution in [0.15, 0.2) is 5.38 Å². The molecule has 1 aromatic rings. The fourth-order valence-corrected chi connectivity index (χ4v) is 2.37. The van der Waals surface area contributed by atoms with Crippen LogP contribution in [-0.4, -0.2) is 25.1 Å². The third kappa shape index (κ3) is 3.18. The summed E-state index contributed by atoms with van der Waals surface area (Å²) in [6, 6.07) is 0. The van der Waals surface area contributed by atoms with Crippen LogP contribution in [0.3, 0.4) is 0 Å². The highest BCUT2D eigenvalue weighted by atomic mass is 32.1. The summed E-state index contributed by atoms with van der Waals surface area (Å²) in [5.74, 6) is 0.927. The second kappa shape index (κ2) is 4.94. The molecule has 1 saturated carbocycles. The number of nitrogens with zero attached hydrogens (tertiary/aromatic N) is 2. The maximum Gasteiger partial charge on any atom is 0.185 e. The summed E-state index contributed by atoms with van der Waals surface area (Å²) in [5, 5.41) is 6.61. The first-order valence-electron chi connectivity index (χ1n) is 5.66. The van der Waals surface area contributed by atoms with E-state index in [9.17, 15) is 0 Å². The first-order valence-corrected chi connectivity index (χ1v) is 6.53. The highest BCUT2D eigenvalue weighted by molar-refractivity contribution is 7.13. The van der Waals surface area contributed by atoms with Crippen LogP contribution >= 0.6 is 11.3 Å². The first-order chi connectivity index (χ1) is 7.29. The third-order valence-electron chi connectivity index (χ3n) is 2.65. The van der Waals surface area contributed by atoms with E-state index in [0.717, 1.165) is 24.1 Å². The summed E-state index contributed by atoms with van der Waals surface area (Å²) in [4.78, 5) is 6.90. The van der Waals surface area contributed by atoms with Crippen molar-refractivity contribution < 1.29 is 0 Å². The van der Waals surface area contributed by atoms with Crippen LogP contribution in [0.4, 0.5) is 5.13 Å². The smallest absolute Gasteiger partial charge is 0.185 e. The maximum absolute atomic E-state index is 4.61. The fraction of sp³-hybridized carbons (Fsp3) is 0.727. The summed E-state index contributed by atoms with van der Waals surface area (Å²) in [7, 11) is 2.15. The molecule has 0 saturated heterocycles. The quantitative estimate of drug-likeness (QED) is 0.803. The molecule has 0 aliphatic heterocycles. The van der Waals surface area contributed by atoms with Crippen LogP contribution in [-0.2, 0) is 6.54 Å². The van der Waals surface area contributed by atoms with Gasteiger partial charge in [-0.1, -0.05) is 6.92 Å². The zero-order valence-corrected chi connectivity index (χ0v) is 10.3. The van der Waals surface area contributed by atoms with Crippen molar-refractivity contribution in [3.63, 3.8) is 0 Å². The molecule has 1 aliphatic rings. The predicted octanol–water partition coefficient (Wildman–Crippen LogP) is 2.10. The fourth-order valence-electron chi connectivity index (χ4n) is 1.57. The highest BCUT2D eigenvalue weighted by Crippen LogP contribution is 2.31. The van der Waals surface area contributed by atoms with Crippen LogP contribution in [0, 0.1) is 5.92 Å². The topological polar surface area (TPSA) is 28.2 Å². The van der Waals surface area contributed by atoms with E-state index in [0.29, 0.717) is 0 Å². The Morgan fingerprint density at radius 1 is 1.60 bits per heavy atom. The number of hydrogen-bond donors (Lipinski definition) is 1. The zero-order chi connectivity index (χ0) is 10.7. The van der Waals surface area contributed by atoms with Crippen molar-refractivity contribution in [1.29, 1.82) is 0 Å². The number of nitrogens with one attached hydrogen (secondary N) is 1. The average molecular weight is 225 g/mol. The van der Waals surface area contributed by atoms with Gasteiger partial charge in [-0.2, -0.15) is 0 Å². The summed E-state index contributed by atoms with van der Waals surface area (Å²) < 4.78 is 0. The Labute approximate surface area is 95.5 Å². The molecule has 0 amide bonds. The third-order valence-corrected chi connectivity index (χ3v) is 3.65. The molecular formula is C11H19N3S. The molecule has 0 atom stereocenters. The van der Waals surface area contributed by atoms with Gasteiger partial charge in [0.1, 0.15) is 0 Å². The Morgan fingerprint density at radius 2 is 2.40 bits per heavy atom. The molecule has 3 nitrogen and oxygen atoms in total. The average Bonchev–Trinajstić information content (AvgIpc) is 2.92. The summed E-state index contributed by atoms with van der Waals surface area (Å²) in [6.45, 7) is 5.19. The SMILES string of the molecule is CCNCc1csc(N(C)CC2CC2)n1. The molecule has 0 bridgehead atoms. The van der Waals surface area contributed by atoms with Gasteiger partial charge in [0.05, 0.1) is 5.69 Å². The van der Waals surface area contributed by atoms with E-state index in [2.05, 4.69) is 34.6 Å². The van der Waals surface area contributed by atoms with E-state index in [1.165, 1.54) is 25.1 Å². The number of anilines is 1. The molecule has 0 radical (unpaired) electrons. The van der Waals surface area contributed by atoms with Crippen molar-refractivity contribution in [3.05, 3.63) is 11.1 Å². The summed E-state index contributed by atoms with van der Waals surface area (Å²) >= 11 is 1.75. The molecule has 1 fully saturated rings. The van der Waals surface area contributed by atoms with Crippen LogP contribution in [0.2, 0.25) is 0 Å². The lowest BCUT2D eigenvalue weighted by Gasteiger charge is -2.14. The molecule has 4 heteroatoms. The van der Waals surface area contributed by atoms with Gasteiger partial charge < -0.3 is 10.2 Å². The van der Waals surface area contributed by atoms with Crippen molar-refractivity contribution in [2.45, 2.75) is 26.3 Å². The number of thiazole rings is 1. The molecule has 15 heavy (non-hydrogen) atoms. The minimum Gasteiger partial charge on any atom is -0.351 e. The van der Waals surface area contributed by atoms with E-state index in [1.54, 1.807) is 11.3 Å². The van der Waals surface area contributed by atoms with Crippen molar-refractivity contribution in [3.8, 4) is 0 Å². The Hall–Kier alpha value is -0.610. The van der Waals surface area contributed by atoms with Gasteiger partial charge in [-0.3, -0.25) is 0 Å². The van der Waals surface area contributed by atoms with E-state index >= 15 is 0 Å². The molecule has 1 N–H and O–H groups in total. The number of hydrogen-bond acceptors (Lipinski definition) is 4. The number of aromatic nitrogens is 1. The number of rotatable bonds is 6. The largest absolute Gasteiger partial charge is 0.351 e. The Balaban J connectivity index is 1.86. The standard InChI is InChI=1S/C11H19N3S/c1-3-12-6-10-8-15-11(13-10)14(2)7-9-4-5-9/h8-9,12H,3-7H2,1-2H3. The molecule has 2 rings (SSSR count). The van der Waals surface area contributed by atoms with Gasteiger partial charge in [-0.05, 0) is 25.3 Å². The predicted molar refractivity (Wildman–Crippen MR) is 65.5 cm³/mol. The van der Waals surface area contributed by atoms with Crippen LogP contribution in [0.5, 0.6) is 0 Å². The molecule has 1 heterocycles. The second-order valence-electron chi connectivity index (χ2n) is 4.23. The van der Waals surface area contributed by atoms with Gasteiger partial charge in [0.2, 0.25) is 0 Å². The van der Waals surface area contributed by atoms with Gasteiger partial charge in [-0.15, -0.1) is 11.3 Å². The minimum absolute atomic E-state index is 0.893. The van der Waals surface area contributed by atoms with Gasteiger partial charge in [0.25, 0.3) is 0 Å². The highest BCUT2D eigenvalue weighted by Gasteiger charge is 2.23. The van der Waals surface area contributed by atoms with Crippen LogP contribution in [0.1, 0.15) is 25.5 Å². The lowest BCUT2D eigenvalue weighted by atomic mass is 10.4. The molecule has 0 aromatic carbocycles. The van der Waals surface area contributed by atoms with Crippen molar-refractivity contribution in [1.82, 2.24) is 10.3 Å².